The fraction of sp³-hybridized carbons (Fsp3) is 0.526. The van der Waals surface area contributed by atoms with Gasteiger partial charge in [0.25, 0.3) is 0 Å². The standard InChI is InChI=1S/C19H25FN4.ClH/c1-14-18(11-23-10-8-19(13-23)7-9-21-12-19)15(2)24(22-14)17-5-3-16(20)4-6-17;/h3-6,21H,7-13H2,1-2H3;1H. The highest BCUT2D eigenvalue weighted by atomic mass is 35.5. The minimum atomic E-state index is -0.215. The molecule has 0 amide bonds. The molecular formula is C19H26ClFN4. The van der Waals surface area contributed by atoms with Crippen molar-refractivity contribution in [3.8, 4) is 5.69 Å². The van der Waals surface area contributed by atoms with E-state index in [1.807, 2.05) is 4.68 Å². The van der Waals surface area contributed by atoms with Crippen LogP contribution in [0, 0.1) is 25.1 Å². The van der Waals surface area contributed by atoms with E-state index >= 15 is 0 Å². The zero-order valence-corrected chi connectivity index (χ0v) is 15.7. The van der Waals surface area contributed by atoms with Gasteiger partial charge in [0, 0.05) is 30.9 Å². The molecule has 0 bridgehead atoms. The summed E-state index contributed by atoms with van der Waals surface area (Å²) in [6.45, 7) is 9.82. The van der Waals surface area contributed by atoms with Crippen molar-refractivity contribution in [2.75, 3.05) is 26.2 Å². The third-order valence-corrected chi connectivity index (χ3v) is 5.74. The predicted molar refractivity (Wildman–Crippen MR) is 100 cm³/mol. The Kier molecular flexibility index (Phi) is 5.19. The predicted octanol–water partition coefficient (Wildman–Crippen LogP) is 3.24. The Morgan fingerprint density at radius 3 is 2.64 bits per heavy atom. The molecule has 2 aliphatic heterocycles. The van der Waals surface area contributed by atoms with Crippen molar-refractivity contribution in [2.24, 2.45) is 5.41 Å². The topological polar surface area (TPSA) is 33.1 Å². The van der Waals surface area contributed by atoms with Crippen LogP contribution in [0.1, 0.15) is 29.8 Å². The number of nitrogens with zero attached hydrogens (tertiary/aromatic N) is 3. The van der Waals surface area contributed by atoms with Crippen LogP contribution in [0.2, 0.25) is 0 Å². The molecule has 4 nitrogen and oxygen atoms in total. The number of hydrogen-bond acceptors (Lipinski definition) is 3. The van der Waals surface area contributed by atoms with E-state index in [1.54, 1.807) is 12.1 Å². The summed E-state index contributed by atoms with van der Waals surface area (Å²) in [5, 5.41) is 8.21. The smallest absolute Gasteiger partial charge is 0.123 e. The van der Waals surface area contributed by atoms with E-state index in [9.17, 15) is 4.39 Å². The lowest BCUT2D eigenvalue weighted by atomic mass is 9.86. The minimum Gasteiger partial charge on any atom is -0.316 e. The van der Waals surface area contributed by atoms with Gasteiger partial charge in [-0.2, -0.15) is 5.10 Å². The van der Waals surface area contributed by atoms with Gasteiger partial charge in [-0.05, 0) is 69.5 Å². The molecule has 4 rings (SSSR count). The van der Waals surface area contributed by atoms with Crippen LogP contribution in [0.15, 0.2) is 24.3 Å². The molecule has 1 unspecified atom stereocenters. The number of aromatic nitrogens is 2. The first-order valence-electron chi connectivity index (χ1n) is 8.80. The maximum absolute atomic E-state index is 13.2. The van der Waals surface area contributed by atoms with Gasteiger partial charge >= 0.3 is 0 Å². The molecule has 1 N–H and O–H groups in total. The Morgan fingerprint density at radius 1 is 1.20 bits per heavy atom. The summed E-state index contributed by atoms with van der Waals surface area (Å²) in [6.07, 6.45) is 2.60. The Morgan fingerprint density at radius 2 is 1.96 bits per heavy atom. The van der Waals surface area contributed by atoms with Gasteiger partial charge in [-0.3, -0.25) is 4.90 Å². The quantitative estimate of drug-likeness (QED) is 0.907. The van der Waals surface area contributed by atoms with E-state index in [0.29, 0.717) is 5.41 Å². The van der Waals surface area contributed by atoms with Gasteiger partial charge in [-0.1, -0.05) is 0 Å². The molecule has 2 aromatic rings. The highest BCUT2D eigenvalue weighted by Gasteiger charge is 2.40. The monoisotopic (exact) mass is 364 g/mol. The van der Waals surface area contributed by atoms with Crippen LogP contribution in [0.3, 0.4) is 0 Å². The number of nitrogens with one attached hydrogen (secondary N) is 1. The van der Waals surface area contributed by atoms with Crippen molar-refractivity contribution in [3.05, 3.63) is 47.0 Å². The van der Waals surface area contributed by atoms with E-state index in [1.165, 1.54) is 43.6 Å². The molecule has 2 saturated heterocycles. The molecule has 1 atom stereocenters. The first-order chi connectivity index (χ1) is 11.6. The van der Waals surface area contributed by atoms with Crippen LogP contribution in [-0.4, -0.2) is 40.9 Å². The molecule has 2 aliphatic rings. The normalized spacial score (nSPS) is 23.3. The first-order valence-corrected chi connectivity index (χ1v) is 8.80. The summed E-state index contributed by atoms with van der Waals surface area (Å²) in [5.74, 6) is -0.215. The summed E-state index contributed by atoms with van der Waals surface area (Å²) in [6, 6.07) is 6.55. The number of benzene rings is 1. The van der Waals surface area contributed by atoms with Crippen molar-refractivity contribution >= 4 is 12.4 Å². The van der Waals surface area contributed by atoms with Gasteiger partial charge in [0.05, 0.1) is 11.4 Å². The molecule has 25 heavy (non-hydrogen) atoms. The molecule has 6 heteroatoms. The van der Waals surface area contributed by atoms with E-state index in [-0.39, 0.29) is 18.2 Å². The van der Waals surface area contributed by atoms with Crippen molar-refractivity contribution in [3.63, 3.8) is 0 Å². The van der Waals surface area contributed by atoms with E-state index in [4.69, 9.17) is 5.10 Å². The Bertz CT molecular complexity index is 735. The summed E-state index contributed by atoms with van der Waals surface area (Å²) in [5.41, 5.74) is 4.95. The van der Waals surface area contributed by atoms with Gasteiger partial charge in [0.2, 0.25) is 0 Å². The number of likely N-dealkylation sites (tertiary alicyclic amines) is 1. The van der Waals surface area contributed by atoms with Crippen LogP contribution < -0.4 is 5.32 Å². The lowest BCUT2D eigenvalue weighted by molar-refractivity contribution is 0.268. The molecule has 2 fully saturated rings. The Balaban J connectivity index is 0.00000182. The van der Waals surface area contributed by atoms with Crippen LogP contribution in [0.4, 0.5) is 4.39 Å². The number of hydrogen-bond donors (Lipinski definition) is 1. The average molecular weight is 365 g/mol. The lowest BCUT2D eigenvalue weighted by Gasteiger charge is -2.23. The van der Waals surface area contributed by atoms with Crippen molar-refractivity contribution in [2.45, 2.75) is 33.2 Å². The van der Waals surface area contributed by atoms with E-state index in [2.05, 4.69) is 24.1 Å². The van der Waals surface area contributed by atoms with Crippen LogP contribution in [-0.2, 0) is 6.54 Å². The molecule has 0 aliphatic carbocycles. The molecule has 1 aromatic carbocycles. The zero-order chi connectivity index (χ0) is 16.7. The SMILES string of the molecule is Cc1nn(-c2ccc(F)cc2)c(C)c1CN1CCC2(CCNC2)C1.Cl. The fourth-order valence-corrected chi connectivity index (χ4v) is 4.27. The maximum atomic E-state index is 13.2. The molecule has 1 aromatic heterocycles. The second kappa shape index (κ2) is 7.06. The fourth-order valence-electron chi connectivity index (χ4n) is 4.27. The van der Waals surface area contributed by atoms with Crippen LogP contribution in [0.25, 0.3) is 5.69 Å². The van der Waals surface area contributed by atoms with Crippen molar-refractivity contribution < 1.29 is 4.39 Å². The second-order valence-electron chi connectivity index (χ2n) is 7.43. The molecule has 136 valence electrons. The van der Waals surface area contributed by atoms with Crippen LogP contribution >= 0.6 is 12.4 Å². The lowest BCUT2D eigenvalue weighted by Crippen LogP contribution is -2.29. The first kappa shape index (κ1) is 18.4. The Hall–Kier alpha value is -1.43. The van der Waals surface area contributed by atoms with Gasteiger partial charge in [-0.15, -0.1) is 12.4 Å². The average Bonchev–Trinajstić information content (AvgIpc) is 3.26. The third-order valence-electron chi connectivity index (χ3n) is 5.74. The number of rotatable bonds is 3. The summed E-state index contributed by atoms with van der Waals surface area (Å²) in [4.78, 5) is 2.57. The molecule has 0 saturated carbocycles. The highest BCUT2D eigenvalue weighted by molar-refractivity contribution is 5.85. The van der Waals surface area contributed by atoms with Gasteiger partial charge in [-0.25, -0.2) is 9.07 Å². The third kappa shape index (κ3) is 3.46. The maximum Gasteiger partial charge on any atom is 0.123 e. The zero-order valence-electron chi connectivity index (χ0n) is 14.9. The molecule has 0 radical (unpaired) electrons. The van der Waals surface area contributed by atoms with E-state index in [0.717, 1.165) is 36.7 Å². The second-order valence-corrected chi connectivity index (χ2v) is 7.43. The summed E-state index contributed by atoms with van der Waals surface area (Å²) in [7, 11) is 0. The van der Waals surface area contributed by atoms with Gasteiger partial charge in [0.1, 0.15) is 5.82 Å². The number of halogens is 2. The summed E-state index contributed by atoms with van der Waals surface area (Å²) < 4.78 is 15.1. The molecular weight excluding hydrogens is 339 g/mol. The highest BCUT2D eigenvalue weighted by Crippen LogP contribution is 2.37. The van der Waals surface area contributed by atoms with Gasteiger partial charge in [0.15, 0.2) is 0 Å². The van der Waals surface area contributed by atoms with E-state index < -0.39 is 0 Å². The van der Waals surface area contributed by atoms with Gasteiger partial charge < -0.3 is 5.32 Å². The molecule has 3 heterocycles. The van der Waals surface area contributed by atoms with Crippen molar-refractivity contribution in [1.82, 2.24) is 20.0 Å². The summed E-state index contributed by atoms with van der Waals surface area (Å²) >= 11 is 0. The van der Waals surface area contributed by atoms with Crippen LogP contribution in [0.5, 0.6) is 0 Å². The minimum absolute atomic E-state index is 0. The number of aryl methyl sites for hydroxylation is 1. The largest absolute Gasteiger partial charge is 0.316 e. The Labute approximate surface area is 154 Å². The molecule has 1 spiro atoms. The van der Waals surface area contributed by atoms with Crippen molar-refractivity contribution in [1.29, 1.82) is 0 Å².